The Morgan fingerprint density at radius 1 is 1.29 bits per heavy atom. The number of aryl methyl sites for hydroxylation is 1. The van der Waals surface area contributed by atoms with Crippen LogP contribution in [-0.4, -0.2) is 13.1 Å². The predicted molar refractivity (Wildman–Crippen MR) is 61.1 cm³/mol. The highest BCUT2D eigenvalue weighted by atomic mass is 35.5. The van der Waals surface area contributed by atoms with E-state index in [2.05, 4.69) is 36.5 Å². The molecule has 14 heavy (non-hydrogen) atoms. The third kappa shape index (κ3) is 1.27. The van der Waals surface area contributed by atoms with Crippen LogP contribution < -0.4 is 5.32 Å². The van der Waals surface area contributed by atoms with Gasteiger partial charge >= 0.3 is 0 Å². The third-order valence-corrected chi connectivity index (χ3v) is 3.69. The molecule has 2 unspecified atom stereocenters. The summed E-state index contributed by atoms with van der Waals surface area (Å²) in [5.74, 6) is 0.926. The van der Waals surface area contributed by atoms with Crippen LogP contribution in [-0.2, 0) is 5.41 Å². The Hall–Kier alpha value is -0.530. The van der Waals surface area contributed by atoms with E-state index in [1.807, 2.05) is 0 Å². The van der Waals surface area contributed by atoms with Crippen molar-refractivity contribution in [2.75, 3.05) is 13.1 Å². The number of halogens is 1. The van der Waals surface area contributed by atoms with Crippen LogP contribution in [0.2, 0.25) is 0 Å². The zero-order chi connectivity index (χ0) is 8.89. The molecular formula is C12H16ClN. The molecule has 3 rings (SSSR count). The van der Waals surface area contributed by atoms with Gasteiger partial charge in [0.25, 0.3) is 0 Å². The van der Waals surface area contributed by atoms with Gasteiger partial charge in [-0.15, -0.1) is 12.4 Å². The van der Waals surface area contributed by atoms with Crippen LogP contribution in [0, 0.1) is 12.8 Å². The van der Waals surface area contributed by atoms with Crippen molar-refractivity contribution in [3.63, 3.8) is 0 Å². The van der Waals surface area contributed by atoms with Gasteiger partial charge in [-0.1, -0.05) is 29.8 Å². The fraction of sp³-hybridized carbons (Fsp3) is 0.500. The molecule has 1 N–H and O–H groups in total. The lowest BCUT2D eigenvalue weighted by Gasteiger charge is -2.11. The fourth-order valence-electron chi connectivity index (χ4n) is 2.68. The van der Waals surface area contributed by atoms with E-state index in [-0.39, 0.29) is 12.4 Å². The lowest BCUT2D eigenvalue weighted by Crippen LogP contribution is -2.19. The Kier molecular flexibility index (Phi) is 2.32. The summed E-state index contributed by atoms with van der Waals surface area (Å²) < 4.78 is 0. The molecule has 1 saturated heterocycles. The van der Waals surface area contributed by atoms with Crippen LogP contribution in [0.15, 0.2) is 24.3 Å². The van der Waals surface area contributed by atoms with Crippen LogP contribution in [0.25, 0.3) is 0 Å². The van der Waals surface area contributed by atoms with E-state index in [4.69, 9.17) is 0 Å². The minimum Gasteiger partial charge on any atom is -0.316 e. The summed E-state index contributed by atoms with van der Waals surface area (Å²) in [6.07, 6.45) is 1.41. The van der Waals surface area contributed by atoms with Crippen LogP contribution in [0.1, 0.15) is 17.5 Å². The maximum Gasteiger partial charge on any atom is 0.0122 e. The van der Waals surface area contributed by atoms with Crippen molar-refractivity contribution in [2.24, 2.45) is 5.92 Å². The molecule has 2 fully saturated rings. The molecule has 1 aromatic carbocycles. The lowest BCUT2D eigenvalue weighted by atomic mass is 9.94. The van der Waals surface area contributed by atoms with Crippen molar-refractivity contribution in [2.45, 2.75) is 18.8 Å². The first-order valence-corrected chi connectivity index (χ1v) is 5.09. The normalized spacial score (nSPS) is 33.4. The van der Waals surface area contributed by atoms with Gasteiger partial charge in [-0.2, -0.15) is 0 Å². The van der Waals surface area contributed by atoms with Crippen LogP contribution in [0.4, 0.5) is 0 Å². The summed E-state index contributed by atoms with van der Waals surface area (Å²) in [4.78, 5) is 0. The standard InChI is InChI=1S/C12H15N.ClH/c1-9-2-4-10(5-3-9)12-6-11(12)7-13-8-12;/h2-5,11,13H,6-8H2,1H3;1H. The van der Waals surface area contributed by atoms with Gasteiger partial charge < -0.3 is 5.32 Å². The lowest BCUT2D eigenvalue weighted by molar-refractivity contribution is 0.675. The first kappa shape index (κ1) is 10.0. The van der Waals surface area contributed by atoms with Gasteiger partial charge in [-0.25, -0.2) is 0 Å². The van der Waals surface area contributed by atoms with Gasteiger partial charge in [0.05, 0.1) is 0 Å². The molecule has 0 amide bonds. The minimum absolute atomic E-state index is 0. The zero-order valence-electron chi connectivity index (χ0n) is 8.42. The molecule has 0 radical (unpaired) electrons. The van der Waals surface area contributed by atoms with Crippen molar-refractivity contribution >= 4 is 12.4 Å². The minimum atomic E-state index is 0. The summed E-state index contributed by atoms with van der Waals surface area (Å²) in [5, 5.41) is 3.48. The summed E-state index contributed by atoms with van der Waals surface area (Å²) >= 11 is 0. The average Bonchev–Trinajstić information content (AvgIpc) is 2.71. The van der Waals surface area contributed by atoms with E-state index < -0.39 is 0 Å². The number of hydrogen-bond acceptors (Lipinski definition) is 1. The second kappa shape index (κ2) is 3.25. The first-order valence-electron chi connectivity index (χ1n) is 5.09. The zero-order valence-corrected chi connectivity index (χ0v) is 9.23. The highest BCUT2D eigenvalue weighted by molar-refractivity contribution is 5.85. The molecule has 1 aromatic rings. The Balaban J connectivity index is 0.000000750. The highest BCUT2D eigenvalue weighted by Gasteiger charge is 2.57. The topological polar surface area (TPSA) is 12.0 Å². The number of hydrogen-bond donors (Lipinski definition) is 1. The van der Waals surface area contributed by atoms with Gasteiger partial charge in [-0.3, -0.25) is 0 Å². The van der Waals surface area contributed by atoms with E-state index in [9.17, 15) is 0 Å². The first-order chi connectivity index (χ1) is 6.31. The van der Waals surface area contributed by atoms with Gasteiger partial charge in [0, 0.05) is 12.0 Å². The van der Waals surface area contributed by atoms with E-state index in [1.54, 1.807) is 5.56 Å². The number of fused-ring (bicyclic) bond motifs is 1. The molecule has 0 spiro atoms. The number of piperidine rings is 1. The third-order valence-electron chi connectivity index (χ3n) is 3.69. The monoisotopic (exact) mass is 209 g/mol. The SMILES string of the molecule is Cc1ccc(C23CNCC2C3)cc1.Cl. The number of rotatable bonds is 1. The highest BCUT2D eigenvalue weighted by Crippen LogP contribution is 2.56. The smallest absolute Gasteiger partial charge is 0.0122 e. The van der Waals surface area contributed by atoms with Crippen molar-refractivity contribution < 1.29 is 0 Å². The average molecular weight is 210 g/mol. The summed E-state index contributed by atoms with van der Waals surface area (Å²) in [6.45, 7) is 4.58. The van der Waals surface area contributed by atoms with Crippen molar-refractivity contribution in [1.82, 2.24) is 5.32 Å². The Bertz CT molecular complexity index is 333. The van der Waals surface area contributed by atoms with E-state index in [0.29, 0.717) is 5.41 Å². The summed E-state index contributed by atoms with van der Waals surface area (Å²) in [6, 6.07) is 9.08. The maximum atomic E-state index is 3.48. The molecule has 1 aliphatic heterocycles. The quantitative estimate of drug-likeness (QED) is 0.749. The molecule has 1 heterocycles. The van der Waals surface area contributed by atoms with Crippen LogP contribution in [0.5, 0.6) is 0 Å². The number of nitrogens with one attached hydrogen (secondary N) is 1. The molecule has 1 saturated carbocycles. The molecule has 76 valence electrons. The number of benzene rings is 1. The molecule has 1 aliphatic carbocycles. The molecular weight excluding hydrogens is 194 g/mol. The Morgan fingerprint density at radius 2 is 2.00 bits per heavy atom. The molecule has 2 aliphatic rings. The maximum absolute atomic E-state index is 3.48. The summed E-state index contributed by atoms with van der Waals surface area (Å²) in [5.41, 5.74) is 3.45. The molecule has 1 nitrogen and oxygen atoms in total. The molecule has 2 atom stereocenters. The molecule has 2 heteroatoms. The van der Waals surface area contributed by atoms with E-state index >= 15 is 0 Å². The fourth-order valence-corrected chi connectivity index (χ4v) is 2.68. The van der Waals surface area contributed by atoms with E-state index in [1.165, 1.54) is 25.1 Å². The van der Waals surface area contributed by atoms with Crippen molar-refractivity contribution in [3.8, 4) is 0 Å². The molecule has 0 bridgehead atoms. The van der Waals surface area contributed by atoms with Crippen LogP contribution >= 0.6 is 12.4 Å². The predicted octanol–water partition coefficient (Wildman–Crippen LogP) is 2.28. The summed E-state index contributed by atoms with van der Waals surface area (Å²) in [7, 11) is 0. The second-order valence-corrected chi connectivity index (χ2v) is 4.55. The van der Waals surface area contributed by atoms with Crippen LogP contribution in [0.3, 0.4) is 0 Å². The van der Waals surface area contributed by atoms with Gasteiger partial charge in [0.2, 0.25) is 0 Å². The molecule has 0 aromatic heterocycles. The van der Waals surface area contributed by atoms with Crippen molar-refractivity contribution in [1.29, 1.82) is 0 Å². The largest absolute Gasteiger partial charge is 0.316 e. The van der Waals surface area contributed by atoms with E-state index in [0.717, 1.165) is 5.92 Å². The Labute approximate surface area is 91.3 Å². The van der Waals surface area contributed by atoms with Crippen molar-refractivity contribution in [3.05, 3.63) is 35.4 Å². The van der Waals surface area contributed by atoms with Gasteiger partial charge in [0.1, 0.15) is 0 Å². The van der Waals surface area contributed by atoms with Gasteiger partial charge in [-0.05, 0) is 31.4 Å². The van der Waals surface area contributed by atoms with Gasteiger partial charge in [0.15, 0.2) is 0 Å². The Morgan fingerprint density at radius 3 is 2.50 bits per heavy atom. The second-order valence-electron chi connectivity index (χ2n) is 4.55.